The van der Waals surface area contributed by atoms with Gasteiger partial charge < -0.3 is 5.32 Å². The van der Waals surface area contributed by atoms with Crippen LogP contribution in [0.3, 0.4) is 0 Å². The van der Waals surface area contributed by atoms with E-state index >= 15 is 0 Å². The fourth-order valence-electron chi connectivity index (χ4n) is 2.75. The predicted octanol–water partition coefficient (Wildman–Crippen LogP) is 4.10. The Hall–Kier alpha value is -0.820. The fraction of sp³-hybridized carbons (Fsp3) is 0.625. The Morgan fingerprint density at radius 2 is 1.94 bits per heavy atom. The van der Waals surface area contributed by atoms with Crippen molar-refractivity contribution < 1.29 is 0 Å². The average molecular weight is 231 g/mol. The monoisotopic (exact) mass is 231 g/mol. The molecule has 17 heavy (non-hydrogen) atoms. The minimum Gasteiger partial charge on any atom is -0.311 e. The topological polar surface area (TPSA) is 12.0 Å². The highest BCUT2D eigenvalue weighted by Crippen LogP contribution is 2.36. The Morgan fingerprint density at radius 3 is 2.59 bits per heavy atom. The summed E-state index contributed by atoms with van der Waals surface area (Å²) < 4.78 is 0. The van der Waals surface area contributed by atoms with Crippen LogP contribution in [-0.4, -0.2) is 12.1 Å². The van der Waals surface area contributed by atoms with Crippen molar-refractivity contribution in [3.05, 3.63) is 35.9 Å². The minimum atomic E-state index is 0.691. The zero-order chi connectivity index (χ0) is 12.1. The van der Waals surface area contributed by atoms with Crippen LogP contribution in [-0.2, 0) is 0 Å². The second-order valence-electron chi connectivity index (χ2n) is 5.49. The van der Waals surface area contributed by atoms with Crippen LogP contribution in [0.4, 0.5) is 0 Å². The summed E-state index contributed by atoms with van der Waals surface area (Å²) in [6.45, 7) is 4.59. The van der Waals surface area contributed by atoms with Crippen molar-refractivity contribution in [2.75, 3.05) is 0 Å². The molecule has 94 valence electrons. The first-order valence-corrected chi connectivity index (χ1v) is 7.10. The molecule has 1 saturated carbocycles. The van der Waals surface area contributed by atoms with Crippen LogP contribution in [0.5, 0.6) is 0 Å². The average Bonchev–Trinajstić information content (AvgIpc) is 2.31. The summed E-state index contributed by atoms with van der Waals surface area (Å²) in [5.74, 6) is 0.798. The predicted molar refractivity (Wildman–Crippen MR) is 74.3 cm³/mol. The Balaban J connectivity index is 1.69. The molecule has 0 saturated heterocycles. The SMILES string of the molecule is CCCCC(C)NC1CC(c2ccccc2)C1. The summed E-state index contributed by atoms with van der Waals surface area (Å²) in [5, 5.41) is 3.75. The number of nitrogens with one attached hydrogen (secondary N) is 1. The summed E-state index contributed by atoms with van der Waals surface area (Å²) in [7, 11) is 0. The highest BCUT2D eigenvalue weighted by Gasteiger charge is 2.30. The smallest absolute Gasteiger partial charge is 0.00812 e. The van der Waals surface area contributed by atoms with Crippen LogP contribution in [0, 0.1) is 0 Å². The standard InChI is InChI=1S/C16H25N/c1-3-4-8-13(2)17-16-11-15(12-16)14-9-6-5-7-10-14/h5-7,9-10,13,15-17H,3-4,8,11-12H2,1-2H3. The van der Waals surface area contributed by atoms with Gasteiger partial charge in [-0.25, -0.2) is 0 Å². The largest absolute Gasteiger partial charge is 0.311 e. The van der Waals surface area contributed by atoms with Crippen molar-refractivity contribution >= 4 is 0 Å². The molecule has 0 radical (unpaired) electrons. The van der Waals surface area contributed by atoms with Crippen LogP contribution in [0.25, 0.3) is 0 Å². The van der Waals surface area contributed by atoms with E-state index in [4.69, 9.17) is 0 Å². The van der Waals surface area contributed by atoms with Gasteiger partial charge in [-0.05, 0) is 37.7 Å². The second kappa shape index (κ2) is 6.20. The molecule has 0 amide bonds. The van der Waals surface area contributed by atoms with Crippen LogP contribution >= 0.6 is 0 Å². The van der Waals surface area contributed by atoms with Crippen LogP contribution in [0.1, 0.15) is 57.4 Å². The van der Waals surface area contributed by atoms with Crippen molar-refractivity contribution in [1.82, 2.24) is 5.32 Å². The molecule has 0 aromatic heterocycles. The molecule has 1 aliphatic rings. The van der Waals surface area contributed by atoms with Crippen molar-refractivity contribution in [3.8, 4) is 0 Å². The van der Waals surface area contributed by atoms with Gasteiger partial charge in [0.05, 0.1) is 0 Å². The van der Waals surface area contributed by atoms with Crippen LogP contribution < -0.4 is 5.32 Å². The lowest BCUT2D eigenvalue weighted by atomic mass is 9.75. The molecule has 1 heteroatoms. The number of hydrogen-bond acceptors (Lipinski definition) is 1. The molecule has 1 fully saturated rings. The Morgan fingerprint density at radius 1 is 1.24 bits per heavy atom. The van der Waals surface area contributed by atoms with Gasteiger partial charge in [0.15, 0.2) is 0 Å². The zero-order valence-electron chi connectivity index (χ0n) is 11.2. The first-order chi connectivity index (χ1) is 8.29. The van der Waals surface area contributed by atoms with Gasteiger partial charge in [-0.3, -0.25) is 0 Å². The van der Waals surface area contributed by atoms with Gasteiger partial charge in [-0.1, -0.05) is 50.1 Å². The third-order valence-corrected chi connectivity index (χ3v) is 3.92. The lowest BCUT2D eigenvalue weighted by Gasteiger charge is -2.38. The van der Waals surface area contributed by atoms with Crippen LogP contribution in [0.2, 0.25) is 0 Å². The normalized spacial score (nSPS) is 25.3. The lowest BCUT2D eigenvalue weighted by molar-refractivity contribution is 0.263. The van der Waals surface area contributed by atoms with Gasteiger partial charge in [0.25, 0.3) is 0 Å². The van der Waals surface area contributed by atoms with E-state index in [9.17, 15) is 0 Å². The van der Waals surface area contributed by atoms with E-state index in [1.165, 1.54) is 37.7 Å². The van der Waals surface area contributed by atoms with E-state index in [0.29, 0.717) is 6.04 Å². The Labute approximate surface area is 106 Å². The maximum absolute atomic E-state index is 3.75. The Kier molecular flexibility index (Phi) is 4.61. The number of hydrogen-bond donors (Lipinski definition) is 1. The van der Waals surface area contributed by atoms with Gasteiger partial charge >= 0.3 is 0 Å². The van der Waals surface area contributed by atoms with Crippen molar-refractivity contribution in [3.63, 3.8) is 0 Å². The third-order valence-electron chi connectivity index (χ3n) is 3.92. The maximum atomic E-state index is 3.75. The lowest BCUT2D eigenvalue weighted by Crippen LogP contribution is -2.44. The van der Waals surface area contributed by atoms with Gasteiger partial charge in [-0.2, -0.15) is 0 Å². The van der Waals surface area contributed by atoms with E-state index in [2.05, 4.69) is 49.5 Å². The molecule has 0 aliphatic heterocycles. The quantitative estimate of drug-likeness (QED) is 0.777. The summed E-state index contributed by atoms with van der Waals surface area (Å²) in [4.78, 5) is 0. The fourth-order valence-corrected chi connectivity index (χ4v) is 2.75. The first kappa shape index (κ1) is 12.6. The van der Waals surface area contributed by atoms with Gasteiger partial charge in [0.2, 0.25) is 0 Å². The van der Waals surface area contributed by atoms with E-state index in [0.717, 1.165) is 12.0 Å². The van der Waals surface area contributed by atoms with E-state index < -0.39 is 0 Å². The molecule has 2 rings (SSSR count). The van der Waals surface area contributed by atoms with Gasteiger partial charge in [-0.15, -0.1) is 0 Å². The highest BCUT2D eigenvalue weighted by atomic mass is 15.0. The number of benzene rings is 1. The van der Waals surface area contributed by atoms with E-state index in [1.807, 2.05) is 0 Å². The van der Waals surface area contributed by atoms with Gasteiger partial charge in [0, 0.05) is 12.1 Å². The van der Waals surface area contributed by atoms with Crippen molar-refractivity contribution in [1.29, 1.82) is 0 Å². The third kappa shape index (κ3) is 3.57. The first-order valence-electron chi connectivity index (χ1n) is 7.10. The van der Waals surface area contributed by atoms with E-state index in [1.54, 1.807) is 0 Å². The summed E-state index contributed by atoms with van der Waals surface area (Å²) in [6.07, 6.45) is 6.62. The van der Waals surface area contributed by atoms with Crippen molar-refractivity contribution in [2.45, 2.75) is 64.0 Å². The number of rotatable bonds is 6. The molecule has 0 heterocycles. The maximum Gasteiger partial charge on any atom is 0.00812 e. The van der Waals surface area contributed by atoms with E-state index in [-0.39, 0.29) is 0 Å². The summed E-state index contributed by atoms with van der Waals surface area (Å²) in [6, 6.07) is 12.4. The minimum absolute atomic E-state index is 0.691. The highest BCUT2D eigenvalue weighted by molar-refractivity contribution is 5.22. The van der Waals surface area contributed by atoms with Gasteiger partial charge in [0.1, 0.15) is 0 Å². The molecular weight excluding hydrogens is 206 g/mol. The molecule has 1 atom stereocenters. The molecular formula is C16H25N. The molecule has 1 nitrogen and oxygen atoms in total. The number of unbranched alkanes of at least 4 members (excludes halogenated alkanes) is 1. The molecule has 1 aliphatic carbocycles. The molecule has 1 unspecified atom stereocenters. The summed E-state index contributed by atoms with van der Waals surface area (Å²) in [5.41, 5.74) is 1.52. The Bertz CT molecular complexity index is 314. The molecule has 1 N–H and O–H groups in total. The molecule has 1 aromatic rings. The molecule has 0 bridgehead atoms. The second-order valence-corrected chi connectivity index (χ2v) is 5.49. The molecule has 1 aromatic carbocycles. The van der Waals surface area contributed by atoms with Crippen molar-refractivity contribution in [2.24, 2.45) is 0 Å². The zero-order valence-corrected chi connectivity index (χ0v) is 11.2. The van der Waals surface area contributed by atoms with Crippen LogP contribution in [0.15, 0.2) is 30.3 Å². The molecule has 0 spiro atoms. The summed E-state index contributed by atoms with van der Waals surface area (Å²) >= 11 is 0.